The van der Waals surface area contributed by atoms with Crippen LogP contribution in [-0.4, -0.2) is 13.1 Å². The first-order valence-electron chi connectivity index (χ1n) is 8.05. The predicted octanol–water partition coefficient (Wildman–Crippen LogP) is 5.90. The van der Waals surface area contributed by atoms with Crippen molar-refractivity contribution in [2.24, 2.45) is 0 Å². The molecule has 6 heteroatoms. The van der Waals surface area contributed by atoms with Gasteiger partial charge in [0.25, 0.3) is 0 Å². The Morgan fingerprint density at radius 1 is 1.11 bits per heavy atom. The molecule has 2 aromatic carbocycles. The van der Waals surface area contributed by atoms with Crippen molar-refractivity contribution in [3.05, 3.63) is 76.7 Å². The summed E-state index contributed by atoms with van der Waals surface area (Å²) in [4.78, 5) is 12.6. The lowest BCUT2D eigenvalue weighted by Crippen LogP contribution is -2.04. The van der Waals surface area contributed by atoms with Crippen LogP contribution in [0.4, 0.5) is 13.2 Å². The summed E-state index contributed by atoms with van der Waals surface area (Å²) in [6.07, 6.45) is -4.23. The fourth-order valence-corrected chi connectivity index (χ4v) is 3.47. The van der Waals surface area contributed by atoms with Crippen LogP contribution in [0.1, 0.15) is 16.7 Å². The van der Waals surface area contributed by atoms with E-state index in [1.807, 2.05) is 35.6 Å². The molecule has 0 N–H and O–H groups in total. The summed E-state index contributed by atoms with van der Waals surface area (Å²) >= 11 is 1.57. The van der Waals surface area contributed by atoms with E-state index in [0.717, 1.165) is 22.6 Å². The smallest absolute Gasteiger partial charge is 0.416 e. The second-order valence-corrected chi connectivity index (χ2v) is 6.79. The van der Waals surface area contributed by atoms with Crippen molar-refractivity contribution in [2.45, 2.75) is 12.6 Å². The van der Waals surface area contributed by atoms with Crippen LogP contribution in [0.15, 0.2) is 60.0 Å². The van der Waals surface area contributed by atoms with E-state index in [9.17, 15) is 18.0 Å². The van der Waals surface area contributed by atoms with Gasteiger partial charge in [-0.05, 0) is 52.9 Å². The molecule has 3 aromatic rings. The summed E-state index contributed by atoms with van der Waals surface area (Å²) in [5.74, 6) is 2.44. The molecule has 0 aliphatic heterocycles. The molecular formula is C21H15F3O2S. The second kappa shape index (κ2) is 7.82. The van der Waals surface area contributed by atoms with Crippen LogP contribution >= 0.6 is 11.3 Å². The van der Waals surface area contributed by atoms with Crippen molar-refractivity contribution >= 4 is 22.9 Å². The molecule has 1 heterocycles. The summed E-state index contributed by atoms with van der Waals surface area (Å²) in [5.41, 5.74) is 1.70. The first kappa shape index (κ1) is 19.0. The van der Waals surface area contributed by atoms with Gasteiger partial charge in [0.1, 0.15) is 11.7 Å². The second-order valence-electron chi connectivity index (χ2n) is 5.84. The minimum Gasteiger partial charge on any atom is -0.496 e. The molecule has 0 atom stereocenters. The number of allylic oxidation sites excluding steroid dienone is 1. The van der Waals surface area contributed by atoms with Crippen molar-refractivity contribution in [2.75, 3.05) is 7.11 Å². The molecule has 1 aromatic heterocycles. The molecule has 0 bridgehead atoms. The van der Waals surface area contributed by atoms with E-state index >= 15 is 0 Å². The molecular weight excluding hydrogens is 373 g/mol. The van der Waals surface area contributed by atoms with Crippen LogP contribution in [-0.2, 0) is 17.4 Å². The highest BCUT2D eigenvalue weighted by atomic mass is 32.1. The van der Waals surface area contributed by atoms with Gasteiger partial charge < -0.3 is 4.74 Å². The number of benzene rings is 2. The maximum Gasteiger partial charge on any atom is 0.416 e. The Kier molecular flexibility index (Phi) is 5.49. The fourth-order valence-electron chi connectivity index (χ4n) is 2.74. The highest BCUT2D eigenvalue weighted by Gasteiger charge is 2.30. The van der Waals surface area contributed by atoms with E-state index in [-0.39, 0.29) is 6.42 Å². The first-order chi connectivity index (χ1) is 12.9. The zero-order chi connectivity index (χ0) is 19.4. The van der Waals surface area contributed by atoms with Crippen molar-refractivity contribution < 1.29 is 22.7 Å². The van der Waals surface area contributed by atoms with Gasteiger partial charge in [0.05, 0.1) is 18.2 Å². The van der Waals surface area contributed by atoms with Crippen LogP contribution in [0.3, 0.4) is 0 Å². The Bertz CT molecular complexity index is 968. The van der Waals surface area contributed by atoms with E-state index < -0.39 is 11.7 Å². The minimum absolute atomic E-state index is 0.159. The molecule has 0 fully saturated rings. The van der Waals surface area contributed by atoms with E-state index in [4.69, 9.17) is 4.74 Å². The Hall–Kier alpha value is -2.82. The Labute approximate surface area is 158 Å². The number of halogens is 3. The molecule has 0 aliphatic carbocycles. The molecule has 0 saturated heterocycles. The average molecular weight is 388 g/mol. The van der Waals surface area contributed by atoms with Gasteiger partial charge >= 0.3 is 6.18 Å². The summed E-state index contributed by atoms with van der Waals surface area (Å²) in [7, 11) is 1.50. The Morgan fingerprint density at radius 3 is 2.41 bits per heavy atom. The third-order valence-corrected chi connectivity index (χ3v) is 5.03. The summed E-state index contributed by atoms with van der Waals surface area (Å²) in [6, 6.07) is 14.2. The number of hydrogen-bond donors (Lipinski definition) is 0. The predicted molar refractivity (Wildman–Crippen MR) is 101 cm³/mol. The average Bonchev–Trinajstić information content (AvgIpc) is 3.20. The molecule has 0 spiro atoms. The van der Waals surface area contributed by atoms with Gasteiger partial charge in [-0.15, -0.1) is 11.3 Å². The largest absolute Gasteiger partial charge is 0.496 e. The third-order valence-electron chi connectivity index (χ3n) is 4.12. The van der Waals surface area contributed by atoms with Gasteiger partial charge in [0.15, 0.2) is 0 Å². The number of alkyl halides is 3. The van der Waals surface area contributed by atoms with Gasteiger partial charge in [-0.2, -0.15) is 13.2 Å². The zero-order valence-electron chi connectivity index (χ0n) is 14.3. The van der Waals surface area contributed by atoms with Crippen molar-refractivity contribution in [1.82, 2.24) is 0 Å². The zero-order valence-corrected chi connectivity index (χ0v) is 15.2. The lowest BCUT2D eigenvalue weighted by atomic mass is 9.96. The fraction of sp³-hybridized carbons (Fsp3) is 0.143. The van der Waals surface area contributed by atoms with E-state index in [2.05, 4.69) is 0 Å². The van der Waals surface area contributed by atoms with Crippen molar-refractivity contribution in [1.29, 1.82) is 0 Å². The van der Waals surface area contributed by atoms with Crippen LogP contribution in [0.2, 0.25) is 0 Å². The third kappa shape index (κ3) is 4.30. The molecule has 138 valence electrons. The topological polar surface area (TPSA) is 26.3 Å². The number of hydrogen-bond acceptors (Lipinski definition) is 3. The first-order valence-corrected chi connectivity index (χ1v) is 8.92. The monoisotopic (exact) mass is 388 g/mol. The van der Waals surface area contributed by atoms with Gasteiger partial charge in [-0.25, -0.2) is 4.79 Å². The van der Waals surface area contributed by atoms with Crippen molar-refractivity contribution in [3.8, 4) is 16.2 Å². The molecule has 0 amide bonds. The minimum atomic E-state index is -4.39. The molecule has 27 heavy (non-hydrogen) atoms. The Balaban J connectivity index is 1.93. The van der Waals surface area contributed by atoms with Gasteiger partial charge in [0.2, 0.25) is 0 Å². The molecule has 0 aliphatic rings. The van der Waals surface area contributed by atoms with E-state index in [1.54, 1.807) is 17.4 Å². The van der Waals surface area contributed by atoms with E-state index in [1.165, 1.54) is 19.2 Å². The van der Waals surface area contributed by atoms with E-state index in [0.29, 0.717) is 22.4 Å². The molecule has 2 nitrogen and oxygen atoms in total. The number of methoxy groups -OCH3 is 1. The number of rotatable bonds is 5. The van der Waals surface area contributed by atoms with Crippen molar-refractivity contribution in [3.63, 3.8) is 0 Å². The molecule has 0 unspecified atom stereocenters. The lowest BCUT2D eigenvalue weighted by Gasteiger charge is -2.12. The van der Waals surface area contributed by atoms with Gasteiger partial charge in [-0.3, -0.25) is 0 Å². The maximum atomic E-state index is 12.7. The normalized spacial score (nSPS) is 11.1. The SMILES string of the molecule is COc1ccc(-c2cccs2)cc1C(=C=O)Cc1ccc(C(F)(F)F)cc1. The van der Waals surface area contributed by atoms with Crippen LogP contribution in [0.5, 0.6) is 5.75 Å². The quantitative estimate of drug-likeness (QED) is 0.509. The lowest BCUT2D eigenvalue weighted by molar-refractivity contribution is -0.137. The Morgan fingerprint density at radius 2 is 1.85 bits per heavy atom. The molecule has 0 radical (unpaired) electrons. The molecule has 0 saturated carbocycles. The maximum absolute atomic E-state index is 12.7. The number of ether oxygens (including phenoxy) is 1. The number of carbonyl (C=O) groups excluding carboxylic acids is 1. The molecule has 3 rings (SSSR count). The summed E-state index contributed by atoms with van der Waals surface area (Å²) in [6.45, 7) is 0. The number of thiophene rings is 1. The standard InChI is InChI=1S/C21H15F3O2S/c1-26-19-9-6-15(20-3-2-10-27-20)12-18(19)16(13-25)11-14-4-7-17(8-5-14)21(22,23)24/h2-10,12H,11H2,1H3. The highest BCUT2D eigenvalue weighted by molar-refractivity contribution is 7.13. The van der Waals surface area contributed by atoms with Crippen LogP contribution in [0, 0.1) is 0 Å². The summed E-state index contributed by atoms with van der Waals surface area (Å²) < 4.78 is 43.5. The summed E-state index contributed by atoms with van der Waals surface area (Å²) in [5, 5.41) is 1.96. The van der Waals surface area contributed by atoms with Gasteiger partial charge in [-0.1, -0.05) is 18.2 Å². The highest BCUT2D eigenvalue weighted by Crippen LogP contribution is 2.34. The van der Waals surface area contributed by atoms with Crippen LogP contribution < -0.4 is 4.74 Å². The van der Waals surface area contributed by atoms with Gasteiger partial charge in [0, 0.05) is 16.9 Å². The van der Waals surface area contributed by atoms with Crippen LogP contribution in [0.25, 0.3) is 16.0 Å².